The lowest BCUT2D eigenvalue weighted by atomic mass is 10.2. The largest absolute Gasteiger partial charge is 0.506 e. The molecule has 1 aliphatic heterocycles. The van der Waals surface area contributed by atoms with E-state index in [0.29, 0.717) is 5.69 Å². The van der Waals surface area contributed by atoms with E-state index >= 15 is 0 Å². The van der Waals surface area contributed by atoms with Gasteiger partial charge in [-0.3, -0.25) is 0 Å². The number of nitrogens with zero attached hydrogens (tertiary/aromatic N) is 2. The summed E-state index contributed by atoms with van der Waals surface area (Å²) in [5.74, 6) is 1.17. The molecule has 17 heavy (non-hydrogen) atoms. The lowest BCUT2D eigenvalue weighted by Crippen LogP contribution is -2.09. The summed E-state index contributed by atoms with van der Waals surface area (Å²) in [5, 5.41) is 20.8. The number of anilines is 1. The second-order valence-electron chi connectivity index (χ2n) is 4.03. The van der Waals surface area contributed by atoms with Gasteiger partial charge < -0.3 is 15.7 Å². The first kappa shape index (κ1) is 10.2. The van der Waals surface area contributed by atoms with Crippen LogP contribution in [0.25, 0.3) is 5.69 Å². The van der Waals surface area contributed by atoms with Crippen molar-refractivity contribution in [3.8, 4) is 11.4 Å². The van der Waals surface area contributed by atoms with E-state index in [0.717, 1.165) is 24.6 Å². The average Bonchev–Trinajstić information content (AvgIpc) is 2.89. The Morgan fingerprint density at radius 2 is 2.18 bits per heavy atom. The van der Waals surface area contributed by atoms with Crippen molar-refractivity contribution in [2.45, 2.75) is 13.1 Å². The molecule has 0 saturated heterocycles. The summed E-state index contributed by atoms with van der Waals surface area (Å²) in [7, 11) is 1.87. The number of phenols is 1. The van der Waals surface area contributed by atoms with Crippen molar-refractivity contribution in [2.75, 3.05) is 12.4 Å². The molecule has 0 unspecified atom stereocenters. The molecule has 3 N–H and O–H groups in total. The number of rotatable bonds is 2. The van der Waals surface area contributed by atoms with Crippen LogP contribution in [-0.2, 0) is 13.1 Å². The molecular formula is C12H14N4O. The zero-order valence-electron chi connectivity index (χ0n) is 9.57. The summed E-state index contributed by atoms with van der Waals surface area (Å²) in [4.78, 5) is 0. The van der Waals surface area contributed by atoms with Crippen LogP contribution in [0.1, 0.15) is 11.3 Å². The minimum Gasteiger partial charge on any atom is -0.506 e. The van der Waals surface area contributed by atoms with Gasteiger partial charge in [0.05, 0.1) is 5.69 Å². The van der Waals surface area contributed by atoms with Gasteiger partial charge in [0.1, 0.15) is 17.3 Å². The van der Waals surface area contributed by atoms with Crippen molar-refractivity contribution in [2.24, 2.45) is 0 Å². The standard InChI is InChI=1S/C12H14N4O/c1-13-12-8-6-14-7-9(8)15-16(12)10-4-2-3-5-11(10)17/h2-5,13-14,17H,6-7H2,1H3. The third-order valence-corrected chi connectivity index (χ3v) is 3.01. The Labute approximate surface area is 99.1 Å². The molecular weight excluding hydrogens is 216 g/mol. The monoisotopic (exact) mass is 230 g/mol. The van der Waals surface area contributed by atoms with Crippen molar-refractivity contribution in [1.29, 1.82) is 0 Å². The molecule has 5 heteroatoms. The van der Waals surface area contributed by atoms with Gasteiger partial charge in [-0.05, 0) is 12.1 Å². The molecule has 3 rings (SSSR count). The normalized spacial score (nSPS) is 13.7. The Hall–Kier alpha value is -2.01. The van der Waals surface area contributed by atoms with E-state index < -0.39 is 0 Å². The van der Waals surface area contributed by atoms with Crippen LogP contribution in [0.4, 0.5) is 5.82 Å². The van der Waals surface area contributed by atoms with Crippen LogP contribution in [0, 0.1) is 0 Å². The highest BCUT2D eigenvalue weighted by Crippen LogP contribution is 2.30. The number of para-hydroxylation sites is 2. The molecule has 1 aliphatic rings. The van der Waals surface area contributed by atoms with E-state index in [2.05, 4.69) is 15.7 Å². The van der Waals surface area contributed by atoms with Gasteiger partial charge in [-0.25, -0.2) is 4.68 Å². The highest BCUT2D eigenvalue weighted by Gasteiger charge is 2.22. The Bertz CT molecular complexity index is 562. The third kappa shape index (κ3) is 1.47. The van der Waals surface area contributed by atoms with Crippen LogP contribution >= 0.6 is 0 Å². The van der Waals surface area contributed by atoms with Crippen LogP contribution in [0.15, 0.2) is 24.3 Å². The van der Waals surface area contributed by atoms with Crippen molar-refractivity contribution in [1.82, 2.24) is 15.1 Å². The molecule has 0 amide bonds. The second-order valence-corrected chi connectivity index (χ2v) is 4.03. The molecule has 0 fully saturated rings. The number of phenolic OH excluding ortho intramolecular Hbond substituents is 1. The molecule has 0 saturated carbocycles. The summed E-state index contributed by atoms with van der Waals surface area (Å²) in [6, 6.07) is 7.21. The van der Waals surface area contributed by atoms with Crippen molar-refractivity contribution >= 4 is 5.82 Å². The minimum absolute atomic E-state index is 0.234. The number of aromatic nitrogens is 2. The topological polar surface area (TPSA) is 62.1 Å². The summed E-state index contributed by atoms with van der Waals surface area (Å²) in [6.45, 7) is 1.60. The number of nitrogens with one attached hydrogen (secondary N) is 2. The van der Waals surface area contributed by atoms with E-state index in [1.54, 1.807) is 16.8 Å². The van der Waals surface area contributed by atoms with Gasteiger partial charge in [0, 0.05) is 25.7 Å². The Kier molecular flexibility index (Phi) is 2.26. The second kappa shape index (κ2) is 3.78. The SMILES string of the molecule is CNc1c2c(nn1-c1ccccc1O)CNC2. The molecule has 2 aromatic rings. The van der Waals surface area contributed by atoms with E-state index in [1.807, 2.05) is 19.2 Å². The highest BCUT2D eigenvalue weighted by molar-refractivity contribution is 5.57. The first-order valence-electron chi connectivity index (χ1n) is 5.59. The van der Waals surface area contributed by atoms with Gasteiger partial charge in [-0.15, -0.1) is 0 Å². The van der Waals surface area contributed by atoms with Crippen LogP contribution in [0.3, 0.4) is 0 Å². The van der Waals surface area contributed by atoms with E-state index in [4.69, 9.17) is 0 Å². The Balaban J connectivity index is 2.19. The molecule has 2 heterocycles. The number of fused-ring (bicyclic) bond motifs is 1. The van der Waals surface area contributed by atoms with Gasteiger partial charge in [-0.1, -0.05) is 12.1 Å². The first-order chi connectivity index (χ1) is 8.31. The van der Waals surface area contributed by atoms with Gasteiger partial charge in [0.2, 0.25) is 0 Å². The first-order valence-corrected chi connectivity index (χ1v) is 5.59. The Morgan fingerprint density at radius 1 is 1.35 bits per heavy atom. The maximum atomic E-state index is 9.87. The summed E-state index contributed by atoms with van der Waals surface area (Å²) < 4.78 is 1.76. The summed E-state index contributed by atoms with van der Waals surface area (Å²) >= 11 is 0. The van der Waals surface area contributed by atoms with Crippen molar-refractivity contribution in [3.05, 3.63) is 35.5 Å². The van der Waals surface area contributed by atoms with Crippen LogP contribution in [0.2, 0.25) is 0 Å². The molecule has 88 valence electrons. The molecule has 0 aliphatic carbocycles. The van der Waals surface area contributed by atoms with Gasteiger partial charge in [0.25, 0.3) is 0 Å². The number of hydrogen-bond donors (Lipinski definition) is 3. The number of benzene rings is 1. The van der Waals surface area contributed by atoms with Crippen LogP contribution in [-0.4, -0.2) is 21.9 Å². The fourth-order valence-corrected chi connectivity index (χ4v) is 2.20. The van der Waals surface area contributed by atoms with E-state index in [1.165, 1.54) is 5.56 Å². The van der Waals surface area contributed by atoms with Gasteiger partial charge in [0.15, 0.2) is 0 Å². The molecule has 1 aromatic heterocycles. The predicted molar refractivity (Wildman–Crippen MR) is 65.3 cm³/mol. The smallest absolute Gasteiger partial charge is 0.141 e. The maximum absolute atomic E-state index is 9.87. The van der Waals surface area contributed by atoms with E-state index in [-0.39, 0.29) is 5.75 Å². The summed E-state index contributed by atoms with van der Waals surface area (Å²) in [5.41, 5.74) is 2.92. The molecule has 0 spiro atoms. The predicted octanol–water partition coefficient (Wildman–Crippen LogP) is 1.22. The average molecular weight is 230 g/mol. The van der Waals surface area contributed by atoms with Gasteiger partial charge in [-0.2, -0.15) is 5.10 Å². The maximum Gasteiger partial charge on any atom is 0.141 e. The minimum atomic E-state index is 0.234. The molecule has 0 bridgehead atoms. The zero-order chi connectivity index (χ0) is 11.8. The molecule has 1 aromatic carbocycles. The zero-order valence-corrected chi connectivity index (χ0v) is 9.57. The lowest BCUT2D eigenvalue weighted by Gasteiger charge is -2.10. The van der Waals surface area contributed by atoms with Crippen molar-refractivity contribution in [3.63, 3.8) is 0 Å². The van der Waals surface area contributed by atoms with Crippen LogP contribution in [0.5, 0.6) is 5.75 Å². The fourth-order valence-electron chi connectivity index (χ4n) is 2.20. The Morgan fingerprint density at radius 3 is 2.94 bits per heavy atom. The number of hydrogen-bond acceptors (Lipinski definition) is 4. The highest BCUT2D eigenvalue weighted by atomic mass is 16.3. The fraction of sp³-hybridized carbons (Fsp3) is 0.250. The van der Waals surface area contributed by atoms with Gasteiger partial charge >= 0.3 is 0 Å². The molecule has 5 nitrogen and oxygen atoms in total. The lowest BCUT2D eigenvalue weighted by molar-refractivity contribution is 0.470. The summed E-state index contributed by atoms with van der Waals surface area (Å²) in [6.07, 6.45) is 0. The number of aromatic hydroxyl groups is 1. The quantitative estimate of drug-likeness (QED) is 0.726. The molecule has 0 radical (unpaired) electrons. The van der Waals surface area contributed by atoms with Crippen molar-refractivity contribution < 1.29 is 5.11 Å². The van der Waals surface area contributed by atoms with E-state index in [9.17, 15) is 5.11 Å². The van der Waals surface area contributed by atoms with Crippen LogP contribution < -0.4 is 10.6 Å². The molecule has 0 atom stereocenters. The third-order valence-electron chi connectivity index (χ3n) is 3.01.